The van der Waals surface area contributed by atoms with Gasteiger partial charge < -0.3 is 10.4 Å². The molecule has 2 N–H and O–H groups in total. The molecule has 0 fully saturated rings. The maximum absolute atomic E-state index is 9.09. The predicted molar refractivity (Wildman–Crippen MR) is 56.3 cm³/mol. The Balaban J connectivity index is 2.64. The summed E-state index contributed by atoms with van der Waals surface area (Å²) in [4.78, 5) is 8.46. The highest BCUT2D eigenvalue weighted by Crippen LogP contribution is 2.10. The largest absolute Gasteiger partial charge is 0.392 e. The smallest absolute Gasteiger partial charge is 0.133 e. The van der Waals surface area contributed by atoms with Gasteiger partial charge in [0.2, 0.25) is 0 Å². The van der Waals surface area contributed by atoms with Crippen molar-refractivity contribution in [2.75, 3.05) is 11.9 Å². The summed E-state index contributed by atoms with van der Waals surface area (Å²) in [5, 5.41) is 12.1. The number of aromatic nitrogens is 2. The van der Waals surface area contributed by atoms with Crippen LogP contribution in [0.4, 0.5) is 5.82 Å². The van der Waals surface area contributed by atoms with E-state index in [1.54, 1.807) is 19.2 Å². The molecule has 0 saturated carbocycles. The third-order valence-electron chi connectivity index (χ3n) is 1.77. The van der Waals surface area contributed by atoms with Crippen LogP contribution in [0.3, 0.4) is 0 Å². The van der Waals surface area contributed by atoms with Gasteiger partial charge in [-0.05, 0) is 13.0 Å². The molecule has 0 bridgehead atoms. The second-order valence-electron chi connectivity index (χ2n) is 3.68. The quantitative estimate of drug-likeness (QED) is 0.762. The lowest BCUT2D eigenvalue weighted by Crippen LogP contribution is -2.16. The van der Waals surface area contributed by atoms with Gasteiger partial charge in [-0.1, -0.05) is 13.8 Å². The molecule has 1 aromatic rings. The zero-order valence-electron chi connectivity index (χ0n) is 8.86. The Morgan fingerprint density at radius 2 is 2.14 bits per heavy atom. The molecular weight excluding hydrogens is 178 g/mol. The van der Waals surface area contributed by atoms with Crippen LogP contribution in [0.1, 0.15) is 32.5 Å². The minimum absolute atomic E-state index is 0.322. The number of nitrogens with one attached hydrogen (secondary N) is 1. The number of rotatable bonds is 4. The molecule has 4 heteroatoms. The fourth-order valence-corrected chi connectivity index (χ4v) is 1.00. The summed E-state index contributed by atoms with van der Waals surface area (Å²) < 4.78 is 0. The first-order valence-electron chi connectivity index (χ1n) is 4.84. The van der Waals surface area contributed by atoms with E-state index < -0.39 is 0 Å². The molecule has 1 heterocycles. The van der Waals surface area contributed by atoms with Crippen molar-refractivity contribution in [1.82, 2.24) is 9.97 Å². The number of aliphatic hydroxyl groups is 1. The Morgan fingerprint density at radius 3 is 2.71 bits per heavy atom. The van der Waals surface area contributed by atoms with E-state index in [2.05, 4.69) is 15.3 Å². The standard InChI is InChI=1S/C10H17N3O/c1-7(2)10-11-5-4-9(13-10)12-6-8(3)14/h4-5,7-8,14H,6H2,1-3H3,(H,11,12,13)/t8-/m1/s1. The van der Waals surface area contributed by atoms with E-state index in [9.17, 15) is 0 Å². The van der Waals surface area contributed by atoms with Gasteiger partial charge in [0.25, 0.3) is 0 Å². The lowest BCUT2D eigenvalue weighted by Gasteiger charge is -2.09. The number of hydrogen-bond acceptors (Lipinski definition) is 4. The maximum atomic E-state index is 9.09. The summed E-state index contributed by atoms with van der Waals surface area (Å²) in [6.07, 6.45) is 1.36. The van der Waals surface area contributed by atoms with E-state index in [0.29, 0.717) is 12.5 Å². The van der Waals surface area contributed by atoms with Crippen LogP contribution in [0, 0.1) is 0 Å². The van der Waals surface area contributed by atoms with Crippen LogP contribution >= 0.6 is 0 Å². The highest BCUT2D eigenvalue weighted by molar-refractivity contribution is 5.33. The van der Waals surface area contributed by atoms with Gasteiger partial charge in [-0.2, -0.15) is 0 Å². The zero-order chi connectivity index (χ0) is 10.6. The fraction of sp³-hybridized carbons (Fsp3) is 0.600. The predicted octanol–water partition coefficient (Wildman–Crippen LogP) is 1.39. The molecule has 0 spiro atoms. The van der Waals surface area contributed by atoms with E-state index >= 15 is 0 Å². The minimum atomic E-state index is -0.368. The highest BCUT2D eigenvalue weighted by atomic mass is 16.3. The van der Waals surface area contributed by atoms with Crippen molar-refractivity contribution in [3.8, 4) is 0 Å². The van der Waals surface area contributed by atoms with Crippen LogP contribution in [-0.4, -0.2) is 27.7 Å². The second kappa shape index (κ2) is 4.91. The van der Waals surface area contributed by atoms with Gasteiger partial charge in [-0.25, -0.2) is 9.97 Å². The maximum Gasteiger partial charge on any atom is 0.133 e. The zero-order valence-corrected chi connectivity index (χ0v) is 8.86. The lowest BCUT2D eigenvalue weighted by atomic mass is 10.2. The first kappa shape index (κ1) is 10.9. The van der Waals surface area contributed by atoms with Crippen molar-refractivity contribution < 1.29 is 5.11 Å². The summed E-state index contributed by atoms with van der Waals surface area (Å²) in [5.74, 6) is 1.91. The van der Waals surface area contributed by atoms with Crippen LogP contribution in [0.5, 0.6) is 0 Å². The van der Waals surface area contributed by atoms with Crippen molar-refractivity contribution in [2.24, 2.45) is 0 Å². The van der Waals surface area contributed by atoms with E-state index in [-0.39, 0.29) is 6.10 Å². The second-order valence-corrected chi connectivity index (χ2v) is 3.68. The molecular formula is C10H17N3O. The molecule has 0 unspecified atom stereocenters. The van der Waals surface area contributed by atoms with Crippen LogP contribution in [0.25, 0.3) is 0 Å². The molecule has 0 aromatic carbocycles. The van der Waals surface area contributed by atoms with Gasteiger partial charge in [0.1, 0.15) is 11.6 Å². The summed E-state index contributed by atoms with van der Waals surface area (Å²) >= 11 is 0. The van der Waals surface area contributed by atoms with Crippen LogP contribution in [-0.2, 0) is 0 Å². The van der Waals surface area contributed by atoms with Gasteiger partial charge in [0, 0.05) is 18.7 Å². The Morgan fingerprint density at radius 1 is 1.43 bits per heavy atom. The van der Waals surface area contributed by atoms with E-state index in [1.807, 2.05) is 13.8 Å². The van der Waals surface area contributed by atoms with Gasteiger partial charge in [-0.3, -0.25) is 0 Å². The van der Waals surface area contributed by atoms with Crippen LogP contribution in [0.15, 0.2) is 12.3 Å². The first-order valence-corrected chi connectivity index (χ1v) is 4.84. The van der Waals surface area contributed by atoms with Gasteiger partial charge >= 0.3 is 0 Å². The molecule has 0 saturated heterocycles. The number of hydrogen-bond donors (Lipinski definition) is 2. The van der Waals surface area contributed by atoms with Crippen molar-refractivity contribution in [3.05, 3.63) is 18.1 Å². The molecule has 0 radical (unpaired) electrons. The van der Waals surface area contributed by atoms with Gasteiger partial charge in [0.15, 0.2) is 0 Å². The lowest BCUT2D eigenvalue weighted by molar-refractivity contribution is 0.208. The number of anilines is 1. The van der Waals surface area contributed by atoms with Gasteiger partial charge in [-0.15, -0.1) is 0 Å². The van der Waals surface area contributed by atoms with E-state index in [1.165, 1.54) is 0 Å². The monoisotopic (exact) mass is 195 g/mol. The highest BCUT2D eigenvalue weighted by Gasteiger charge is 2.03. The fourth-order valence-electron chi connectivity index (χ4n) is 1.00. The molecule has 1 rings (SSSR count). The first-order chi connectivity index (χ1) is 6.59. The Labute approximate surface area is 84.4 Å². The summed E-state index contributed by atoms with van der Waals surface area (Å²) in [5.41, 5.74) is 0. The Kier molecular flexibility index (Phi) is 3.83. The molecule has 0 aliphatic rings. The molecule has 78 valence electrons. The molecule has 1 aromatic heterocycles. The summed E-state index contributed by atoms with van der Waals surface area (Å²) in [6.45, 7) is 6.34. The van der Waals surface area contributed by atoms with Gasteiger partial charge in [0.05, 0.1) is 6.10 Å². The molecule has 4 nitrogen and oxygen atoms in total. The minimum Gasteiger partial charge on any atom is -0.392 e. The van der Waals surface area contributed by atoms with Crippen molar-refractivity contribution in [1.29, 1.82) is 0 Å². The van der Waals surface area contributed by atoms with Crippen LogP contribution < -0.4 is 5.32 Å². The average Bonchev–Trinajstić information content (AvgIpc) is 2.15. The SMILES string of the molecule is CC(C)c1nccc(NC[C@@H](C)O)n1. The Bertz CT molecular complexity index is 286. The summed E-state index contributed by atoms with van der Waals surface area (Å²) in [6, 6.07) is 1.80. The normalized spacial score (nSPS) is 12.9. The van der Waals surface area contributed by atoms with Crippen molar-refractivity contribution in [2.45, 2.75) is 32.8 Å². The van der Waals surface area contributed by atoms with Crippen molar-refractivity contribution >= 4 is 5.82 Å². The third kappa shape index (κ3) is 3.30. The van der Waals surface area contributed by atoms with Crippen LogP contribution in [0.2, 0.25) is 0 Å². The Hall–Kier alpha value is -1.16. The molecule has 0 aliphatic heterocycles. The summed E-state index contributed by atoms with van der Waals surface area (Å²) in [7, 11) is 0. The topological polar surface area (TPSA) is 58.0 Å². The molecule has 0 amide bonds. The van der Waals surface area contributed by atoms with Crippen molar-refractivity contribution in [3.63, 3.8) is 0 Å². The molecule has 1 atom stereocenters. The van der Waals surface area contributed by atoms with E-state index in [4.69, 9.17) is 5.11 Å². The third-order valence-corrected chi connectivity index (χ3v) is 1.77. The number of aliphatic hydroxyl groups excluding tert-OH is 1. The number of nitrogens with zero attached hydrogens (tertiary/aromatic N) is 2. The molecule has 0 aliphatic carbocycles. The van der Waals surface area contributed by atoms with E-state index in [0.717, 1.165) is 11.6 Å². The average molecular weight is 195 g/mol. The molecule has 14 heavy (non-hydrogen) atoms.